The topological polar surface area (TPSA) is 18.5 Å². The summed E-state index contributed by atoms with van der Waals surface area (Å²) in [6.07, 6.45) is 8.14. The number of hydrogen-bond acceptors (Lipinski definition) is 2. The predicted octanol–water partition coefficient (Wildman–Crippen LogP) is 3.08. The van der Waals surface area contributed by atoms with Crippen LogP contribution in [-0.4, -0.2) is 22.8 Å². The van der Waals surface area contributed by atoms with Crippen molar-refractivity contribution in [2.24, 2.45) is 0 Å². The average molecular weight is 202 g/mol. The van der Waals surface area contributed by atoms with E-state index < -0.39 is 8.56 Å². The number of rotatable bonds is 3. The Morgan fingerprint density at radius 2 is 1.38 bits per heavy atom. The van der Waals surface area contributed by atoms with Crippen LogP contribution in [0.25, 0.3) is 0 Å². The van der Waals surface area contributed by atoms with E-state index in [0.29, 0.717) is 5.54 Å². The smallest absolute Gasteiger partial charge is 0.337 e. The lowest BCUT2D eigenvalue weighted by Crippen LogP contribution is -2.41. The van der Waals surface area contributed by atoms with Crippen LogP contribution in [0.5, 0.6) is 0 Å². The zero-order chi connectivity index (χ0) is 9.73. The maximum absolute atomic E-state index is 5.60. The Hall–Kier alpha value is 0.137. The minimum atomic E-state index is -1.83. The highest BCUT2D eigenvalue weighted by Crippen LogP contribution is 2.36. The molecule has 1 aliphatic rings. The van der Waals surface area contributed by atoms with Gasteiger partial charge < -0.3 is 8.85 Å². The fraction of sp³-hybridized carbons (Fsp3) is 1.00. The first-order chi connectivity index (χ1) is 6.23. The predicted molar refractivity (Wildman–Crippen MR) is 57.1 cm³/mol. The highest BCUT2D eigenvalue weighted by molar-refractivity contribution is 6.67. The molecule has 0 bridgehead atoms. The van der Waals surface area contributed by atoms with Crippen LogP contribution in [0.1, 0.15) is 38.5 Å². The summed E-state index contributed by atoms with van der Waals surface area (Å²) in [7, 11) is 1.78. The molecule has 3 heteroatoms. The molecule has 13 heavy (non-hydrogen) atoms. The lowest BCUT2D eigenvalue weighted by atomic mass is 10.2. The molecule has 0 heterocycles. The van der Waals surface area contributed by atoms with Gasteiger partial charge in [-0.25, -0.2) is 0 Å². The van der Waals surface area contributed by atoms with Crippen molar-refractivity contribution in [1.29, 1.82) is 0 Å². The Kier molecular flexibility index (Phi) is 4.42. The van der Waals surface area contributed by atoms with Gasteiger partial charge in [-0.15, -0.1) is 0 Å². The van der Waals surface area contributed by atoms with E-state index in [9.17, 15) is 0 Å². The van der Waals surface area contributed by atoms with E-state index in [1.807, 2.05) is 0 Å². The van der Waals surface area contributed by atoms with Gasteiger partial charge in [0.2, 0.25) is 0 Å². The van der Waals surface area contributed by atoms with Gasteiger partial charge in [0.15, 0.2) is 0 Å². The van der Waals surface area contributed by atoms with Crippen LogP contribution < -0.4 is 0 Å². The van der Waals surface area contributed by atoms with Crippen LogP contribution in [0.2, 0.25) is 12.1 Å². The molecule has 0 unspecified atom stereocenters. The first-order valence-corrected chi connectivity index (χ1v) is 7.72. The van der Waals surface area contributed by atoms with Gasteiger partial charge in [-0.2, -0.15) is 0 Å². The summed E-state index contributed by atoms with van der Waals surface area (Å²) in [6, 6.07) is 0. The minimum Gasteiger partial charge on any atom is -0.398 e. The molecule has 1 rings (SSSR count). The molecule has 0 spiro atoms. The molecule has 2 nitrogen and oxygen atoms in total. The highest BCUT2D eigenvalue weighted by Gasteiger charge is 2.38. The van der Waals surface area contributed by atoms with E-state index in [4.69, 9.17) is 8.85 Å². The molecule has 78 valence electrons. The lowest BCUT2D eigenvalue weighted by Gasteiger charge is -2.31. The molecule has 1 fully saturated rings. The summed E-state index contributed by atoms with van der Waals surface area (Å²) < 4.78 is 11.2. The minimum absolute atomic E-state index is 0.713. The summed E-state index contributed by atoms with van der Waals surface area (Å²) in [5, 5.41) is 0. The van der Waals surface area contributed by atoms with Crippen LogP contribution in [-0.2, 0) is 8.85 Å². The van der Waals surface area contributed by atoms with Gasteiger partial charge in [0.05, 0.1) is 0 Å². The van der Waals surface area contributed by atoms with E-state index in [1.54, 1.807) is 14.2 Å². The van der Waals surface area contributed by atoms with Gasteiger partial charge >= 0.3 is 8.56 Å². The molecule has 0 aromatic carbocycles. The Morgan fingerprint density at radius 1 is 0.923 bits per heavy atom. The van der Waals surface area contributed by atoms with Crippen LogP contribution in [0.3, 0.4) is 0 Å². The third-order valence-corrected chi connectivity index (χ3v) is 7.09. The van der Waals surface area contributed by atoms with Gasteiger partial charge in [0.25, 0.3) is 0 Å². The summed E-state index contributed by atoms with van der Waals surface area (Å²) in [6.45, 7) is 2.20. The molecule has 0 aromatic rings. The second-order valence-electron chi connectivity index (χ2n) is 4.11. The highest BCUT2D eigenvalue weighted by atomic mass is 28.4. The average Bonchev–Trinajstić information content (AvgIpc) is 2.45. The summed E-state index contributed by atoms with van der Waals surface area (Å²) in [5.41, 5.74) is 0.713. The second kappa shape index (κ2) is 5.13. The number of hydrogen-bond donors (Lipinski definition) is 0. The fourth-order valence-electron chi connectivity index (χ4n) is 2.22. The van der Waals surface area contributed by atoms with Crippen LogP contribution in [0.15, 0.2) is 0 Å². The van der Waals surface area contributed by atoms with Crippen LogP contribution in [0, 0.1) is 0 Å². The first kappa shape index (κ1) is 11.2. The summed E-state index contributed by atoms with van der Waals surface area (Å²) in [4.78, 5) is 0. The van der Waals surface area contributed by atoms with Gasteiger partial charge in [-0.3, -0.25) is 0 Å². The quantitative estimate of drug-likeness (QED) is 0.517. The van der Waals surface area contributed by atoms with Gasteiger partial charge in [0.1, 0.15) is 0 Å². The SMILES string of the molecule is CO[Si](C)(OC)C1CCCCCC1. The Morgan fingerprint density at radius 3 is 1.77 bits per heavy atom. The standard InChI is InChI=1S/C10H22O2Si/c1-11-13(3,12-2)10-8-6-4-5-7-9-10/h10H,4-9H2,1-3H3. The van der Waals surface area contributed by atoms with E-state index in [2.05, 4.69) is 6.55 Å². The molecular formula is C10H22O2Si. The first-order valence-electron chi connectivity index (χ1n) is 5.33. The Bertz CT molecular complexity index is 138. The Labute approximate surface area is 82.9 Å². The molecule has 0 N–H and O–H groups in total. The Balaban J connectivity index is 2.55. The molecule has 0 aliphatic heterocycles. The van der Waals surface area contributed by atoms with Crippen molar-refractivity contribution in [3.8, 4) is 0 Å². The monoisotopic (exact) mass is 202 g/mol. The van der Waals surface area contributed by atoms with Crippen LogP contribution in [0.4, 0.5) is 0 Å². The van der Waals surface area contributed by atoms with Crippen molar-refractivity contribution < 1.29 is 8.85 Å². The molecule has 1 aliphatic carbocycles. The van der Waals surface area contributed by atoms with Gasteiger partial charge in [-0.1, -0.05) is 25.7 Å². The van der Waals surface area contributed by atoms with E-state index >= 15 is 0 Å². The van der Waals surface area contributed by atoms with Crippen LogP contribution >= 0.6 is 0 Å². The second-order valence-corrected chi connectivity index (χ2v) is 7.78. The lowest BCUT2D eigenvalue weighted by molar-refractivity contribution is 0.231. The summed E-state index contributed by atoms with van der Waals surface area (Å²) in [5.74, 6) is 0. The zero-order valence-corrected chi connectivity index (χ0v) is 10.1. The largest absolute Gasteiger partial charge is 0.398 e. The molecule has 0 saturated heterocycles. The summed E-state index contributed by atoms with van der Waals surface area (Å²) >= 11 is 0. The van der Waals surface area contributed by atoms with Crippen molar-refractivity contribution in [2.75, 3.05) is 14.2 Å². The van der Waals surface area contributed by atoms with Crippen molar-refractivity contribution >= 4 is 8.56 Å². The zero-order valence-electron chi connectivity index (χ0n) is 9.14. The van der Waals surface area contributed by atoms with Gasteiger partial charge in [-0.05, 0) is 19.4 Å². The molecule has 0 aromatic heterocycles. The molecule has 0 amide bonds. The van der Waals surface area contributed by atoms with E-state index in [1.165, 1.54) is 38.5 Å². The third-order valence-electron chi connectivity index (χ3n) is 3.41. The molecule has 0 radical (unpaired) electrons. The normalized spacial score (nSPS) is 21.5. The van der Waals surface area contributed by atoms with E-state index in [0.717, 1.165) is 0 Å². The molecule has 0 atom stereocenters. The maximum Gasteiger partial charge on any atom is 0.337 e. The van der Waals surface area contributed by atoms with Crippen molar-refractivity contribution in [1.82, 2.24) is 0 Å². The van der Waals surface area contributed by atoms with Crippen molar-refractivity contribution in [2.45, 2.75) is 50.6 Å². The third kappa shape index (κ3) is 2.79. The van der Waals surface area contributed by atoms with Gasteiger partial charge in [0, 0.05) is 19.8 Å². The fourth-order valence-corrected chi connectivity index (χ4v) is 4.51. The molecule has 1 saturated carbocycles. The molecular weight excluding hydrogens is 180 g/mol. The van der Waals surface area contributed by atoms with E-state index in [-0.39, 0.29) is 0 Å². The maximum atomic E-state index is 5.60. The van der Waals surface area contributed by atoms with Crippen molar-refractivity contribution in [3.05, 3.63) is 0 Å². The van der Waals surface area contributed by atoms with Crippen molar-refractivity contribution in [3.63, 3.8) is 0 Å².